The van der Waals surface area contributed by atoms with E-state index in [0.29, 0.717) is 29.9 Å². The molecule has 0 radical (unpaired) electrons. The van der Waals surface area contributed by atoms with E-state index in [0.717, 1.165) is 36.8 Å². The van der Waals surface area contributed by atoms with Crippen LogP contribution in [0.1, 0.15) is 44.2 Å². The molecule has 1 N–H and O–H groups in total. The van der Waals surface area contributed by atoms with Crippen molar-refractivity contribution in [1.29, 1.82) is 5.26 Å². The third kappa shape index (κ3) is 3.98. The second-order valence-electron chi connectivity index (χ2n) is 9.09. The van der Waals surface area contributed by atoms with Gasteiger partial charge >= 0.3 is 0 Å². The van der Waals surface area contributed by atoms with Crippen molar-refractivity contribution in [2.75, 3.05) is 20.2 Å². The summed E-state index contributed by atoms with van der Waals surface area (Å²) < 4.78 is 9.15. The number of nitrogens with one attached hydrogen (secondary N) is 1. The Morgan fingerprint density at radius 2 is 1.91 bits per heavy atom. The minimum absolute atomic E-state index is 0.0263. The molecule has 0 unspecified atom stereocenters. The summed E-state index contributed by atoms with van der Waals surface area (Å²) in [5.41, 5.74) is 2.95. The summed E-state index contributed by atoms with van der Waals surface area (Å²) in [6.07, 6.45) is 10.4. The maximum atomic E-state index is 12.8. The van der Waals surface area contributed by atoms with E-state index >= 15 is 0 Å². The number of methoxy groups -OCH3 is 1. The van der Waals surface area contributed by atoms with Gasteiger partial charge in [-0.3, -0.25) is 14.3 Å². The topological polar surface area (TPSA) is 118 Å². The molecule has 2 fully saturated rings. The Morgan fingerprint density at radius 1 is 1.15 bits per heavy atom. The van der Waals surface area contributed by atoms with Crippen LogP contribution in [0.25, 0.3) is 16.6 Å². The minimum atomic E-state index is -0.0368. The van der Waals surface area contributed by atoms with Gasteiger partial charge in [-0.25, -0.2) is 4.52 Å². The fourth-order valence-electron chi connectivity index (χ4n) is 5.00. The number of nitrogens with zero attached hydrogens (tertiary/aromatic N) is 6. The van der Waals surface area contributed by atoms with Crippen LogP contribution in [-0.2, 0) is 9.59 Å². The highest BCUT2D eigenvalue weighted by atomic mass is 16.5. The number of hydrogen-bond acceptors (Lipinski definition) is 6. The first-order valence-electron chi connectivity index (χ1n) is 11.5. The molecule has 34 heavy (non-hydrogen) atoms. The third-order valence-corrected chi connectivity index (χ3v) is 6.90. The van der Waals surface area contributed by atoms with Crippen LogP contribution in [-0.4, -0.2) is 62.3 Å². The van der Waals surface area contributed by atoms with Gasteiger partial charge in [-0.1, -0.05) is 0 Å². The summed E-state index contributed by atoms with van der Waals surface area (Å²) in [5, 5.41) is 21.1. The van der Waals surface area contributed by atoms with Crippen LogP contribution in [0, 0.1) is 17.2 Å². The molecule has 5 rings (SSSR count). The van der Waals surface area contributed by atoms with Crippen molar-refractivity contribution in [3.8, 4) is 22.9 Å². The molecule has 10 heteroatoms. The summed E-state index contributed by atoms with van der Waals surface area (Å²) in [5.74, 6) is 0.782. The quantitative estimate of drug-likeness (QED) is 0.622. The van der Waals surface area contributed by atoms with E-state index in [-0.39, 0.29) is 29.8 Å². The number of likely N-dealkylation sites (tertiary alicyclic amines) is 1. The molecule has 2 amide bonds. The molecule has 2 aliphatic rings. The van der Waals surface area contributed by atoms with Crippen molar-refractivity contribution in [2.45, 2.75) is 44.7 Å². The molecule has 10 nitrogen and oxygen atoms in total. The number of ether oxygens (including phenoxy) is 1. The molecule has 3 aromatic heterocycles. The Hall–Kier alpha value is -3.87. The van der Waals surface area contributed by atoms with Crippen molar-refractivity contribution in [2.24, 2.45) is 5.92 Å². The third-order valence-electron chi connectivity index (χ3n) is 6.90. The summed E-state index contributed by atoms with van der Waals surface area (Å²) in [7, 11) is 1.58. The lowest BCUT2D eigenvalue weighted by molar-refractivity contribution is -0.141. The zero-order valence-corrected chi connectivity index (χ0v) is 19.3. The fourth-order valence-corrected chi connectivity index (χ4v) is 5.00. The van der Waals surface area contributed by atoms with Gasteiger partial charge < -0.3 is 15.0 Å². The summed E-state index contributed by atoms with van der Waals surface area (Å²) in [4.78, 5) is 25.9. The maximum absolute atomic E-state index is 12.8. The molecule has 176 valence electrons. The van der Waals surface area contributed by atoms with Crippen molar-refractivity contribution in [3.63, 3.8) is 0 Å². The molecule has 4 heterocycles. The molecule has 0 spiro atoms. The van der Waals surface area contributed by atoms with Crippen molar-refractivity contribution < 1.29 is 14.3 Å². The molecule has 3 aromatic rings. The van der Waals surface area contributed by atoms with Gasteiger partial charge in [0.25, 0.3) is 0 Å². The van der Waals surface area contributed by atoms with Crippen molar-refractivity contribution in [3.05, 3.63) is 36.4 Å². The summed E-state index contributed by atoms with van der Waals surface area (Å²) >= 11 is 0. The predicted octanol–water partition coefficient (Wildman–Crippen LogP) is 2.16. The SMILES string of the molecule is COc1cc(-c2cnn(C3CCN(C(=O)C4CC(NC(C)=O)C4)CC3)c2)cn2ncc(C#N)c12. The molecule has 0 bridgehead atoms. The first-order valence-corrected chi connectivity index (χ1v) is 11.5. The number of carbonyl (C=O) groups excluding carboxylic acids is 2. The van der Waals surface area contributed by atoms with Gasteiger partial charge in [0, 0.05) is 55.5 Å². The molecule has 0 aromatic carbocycles. The van der Waals surface area contributed by atoms with Gasteiger partial charge in [-0.05, 0) is 31.7 Å². The Balaban J connectivity index is 1.23. The number of fused-ring (bicyclic) bond motifs is 1. The minimum Gasteiger partial charge on any atom is -0.494 e. The number of aromatic nitrogens is 4. The van der Waals surface area contributed by atoms with E-state index in [1.165, 1.54) is 13.1 Å². The number of carbonyl (C=O) groups is 2. The second kappa shape index (κ2) is 8.82. The normalized spacial score (nSPS) is 20.6. The first-order chi connectivity index (χ1) is 16.5. The highest BCUT2D eigenvalue weighted by Crippen LogP contribution is 2.33. The molecule has 1 saturated heterocycles. The number of rotatable bonds is 5. The van der Waals surface area contributed by atoms with Crippen LogP contribution in [0.4, 0.5) is 0 Å². The van der Waals surface area contributed by atoms with Gasteiger partial charge in [0.05, 0.1) is 25.5 Å². The Morgan fingerprint density at radius 3 is 2.59 bits per heavy atom. The molecule has 0 atom stereocenters. The van der Waals surface area contributed by atoms with Crippen LogP contribution in [0.3, 0.4) is 0 Å². The predicted molar refractivity (Wildman–Crippen MR) is 123 cm³/mol. The number of hydrogen-bond donors (Lipinski definition) is 1. The zero-order chi connectivity index (χ0) is 23.8. The van der Waals surface area contributed by atoms with Gasteiger partial charge in [-0.2, -0.15) is 15.5 Å². The monoisotopic (exact) mass is 461 g/mol. The van der Waals surface area contributed by atoms with Crippen LogP contribution < -0.4 is 10.1 Å². The molecular weight excluding hydrogens is 434 g/mol. The smallest absolute Gasteiger partial charge is 0.225 e. The Bertz CT molecular complexity index is 1270. The van der Waals surface area contributed by atoms with Crippen molar-refractivity contribution in [1.82, 2.24) is 29.6 Å². The summed E-state index contributed by atoms with van der Waals surface area (Å²) in [6, 6.07) is 4.40. The fraction of sp³-hybridized carbons (Fsp3) is 0.458. The zero-order valence-electron chi connectivity index (χ0n) is 19.3. The standard InChI is InChI=1S/C24H27N7O3/c1-15(32)28-20-7-16(8-20)24(33)29-5-3-21(4-6-29)30-14-19(12-26-30)17-9-22(34-2)23-18(10-25)11-27-31(23)13-17/h9,11-14,16,20-21H,3-8H2,1-2H3,(H,28,32). The molecule has 1 aliphatic carbocycles. The highest BCUT2D eigenvalue weighted by Gasteiger charge is 2.38. The van der Waals surface area contributed by atoms with Gasteiger partial charge in [0.2, 0.25) is 11.8 Å². The van der Waals surface area contributed by atoms with E-state index in [1.54, 1.807) is 11.6 Å². The lowest BCUT2D eigenvalue weighted by Gasteiger charge is -2.40. The molecular formula is C24H27N7O3. The Labute approximate surface area is 197 Å². The lowest BCUT2D eigenvalue weighted by atomic mass is 9.79. The first kappa shape index (κ1) is 21.9. The van der Waals surface area contributed by atoms with E-state index in [2.05, 4.69) is 21.6 Å². The second-order valence-corrected chi connectivity index (χ2v) is 9.09. The number of nitriles is 1. The van der Waals surface area contributed by atoms with Gasteiger partial charge in [-0.15, -0.1) is 0 Å². The highest BCUT2D eigenvalue weighted by molar-refractivity contribution is 5.81. The molecule has 1 saturated carbocycles. The largest absolute Gasteiger partial charge is 0.494 e. The van der Waals surface area contributed by atoms with E-state index in [1.807, 2.05) is 34.2 Å². The van der Waals surface area contributed by atoms with Crippen LogP contribution in [0.2, 0.25) is 0 Å². The number of piperidine rings is 1. The van der Waals surface area contributed by atoms with E-state index in [4.69, 9.17) is 4.74 Å². The average molecular weight is 462 g/mol. The van der Waals surface area contributed by atoms with Crippen LogP contribution >= 0.6 is 0 Å². The van der Waals surface area contributed by atoms with Gasteiger partial charge in [0.1, 0.15) is 22.9 Å². The Kier molecular flexibility index (Phi) is 5.69. The summed E-state index contributed by atoms with van der Waals surface area (Å²) in [6.45, 7) is 2.94. The number of pyridine rings is 1. The van der Waals surface area contributed by atoms with Crippen molar-refractivity contribution >= 4 is 17.3 Å². The lowest BCUT2D eigenvalue weighted by Crippen LogP contribution is -2.51. The van der Waals surface area contributed by atoms with Crippen LogP contribution in [0.5, 0.6) is 5.75 Å². The van der Waals surface area contributed by atoms with E-state index in [9.17, 15) is 14.9 Å². The average Bonchev–Trinajstić information content (AvgIpc) is 3.47. The number of amides is 2. The maximum Gasteiger partial charge on any atom is 0.225 e. The molecule has 1 aliphatic heterocycles. The van der Waals surface area contributed by atoms with E-state index < -0.39 is 0 Å². The van der Waals surface area contributed by atoms with Crippen LogP contribution in [0.15, 0.2) is 30.9 Å². The van der Waals surface area contributed by atoms with Gasteiger partial charge in [0.15, 0.2) is 0 Å².